The van der Waals surface area contributed by atoms with Crippen LogP contribution in [0.25, 0.3) is 0 Å². The summed E-state index contributed by atoms with van der Waals surface area (Å²) in [6, 6.07) is 0.331. The predicted octanol–water partition coefficient (Wildman–Crippen LogP) is 2.45. The van der Waals surface area contributed by atoms with E-state index in [2.05, 4.69) is 20.7 Å². The summed E-state index contributed by atoms with van der Waals surface area (Å²) in [4.78, 5) is 35.0. The van der Waals surface area contributed by atoms with Gasteiger partial charge in [0.1, 0.15) is 0 Å². The summed E-state index contributed by atoms with van der Waals surface area (Å²) in [6.45, 7) is 2.26. The van der Waals surface area contributed by atoms with Crippen molar-refractivity contribution in [3.63, 3.8) is 0 Å². The Labute approximate surface area is 251 Å². The highest BCUT2D eigenvalue weighted by Crippen LogP contribution is 2.33. The van der Waals surface area contributed by atoms with Crippen LogP contribution in [0, 0.1) is 23.3 Å². The van der Waals surface area contributed by atoms with Crippen molar-refractivity contribution in [3.8, 4) is 5.75 Å². The fourth-order valence-corrected chi connectivity index (χ4v) is 5.89. The molecule has 43 heavy (non-hydrogen) atoms. The van der Waals surface area contributed by atoms with E-state index in [1.807, 2.05) is 11.8 Å². The maximum atomic E-state index is 13.5. The molecule has 3 rings (SSSR count). The van der Waals surface area contributed by atoms with Crippen LogP contribution in [0.15, 0.2) is 6.07 Å². The average Bonchev–Trinajstić information content (AvgIpc) is 3.53. The largest absolute Gasteiger partial charge is 0.420 e. The molecule has 2 heterocycles. The molecule has 2 fully saturated rings. The molecule has 0 aliphatic carbocycles. The molecule has 0 aromatic heterocycles. The molecule has 0 radical (unpaired) electrons. The molecule has 242 valence electrons. The molecule has 3 atom stereocenters. The van der Waals surface area contributed by atoms with Gasteiger partial charge in [0, 0.05) is 30.0 Å². The lowest BCUT2D eigenvalue weighted by Crippen LogP contribution is -2.36. The normalized spacial score (nSPS) is 19.2. The lowest BCUT2D eigenvalue weighted by molar-refractivity contribution is -0.136. The van der Waals surface area contributed by atoms with E-state index in [1.54, 1.807) is 0 Å². The van der Waals surface area contributed by atoms with Gasteiger partial charge in [0.25, 0.3) is 0 Å². The van der Waals surface area contributed by atoms with Crippen molar-refractivity contribution in [2.24, 2.45) is 0 Å². The zero-order valence-corrected chi connectivity index (χ0v) is 24.4. The number of benzene rings is 1. The molecule has 0 spiro atoms. The molecule has 2 aliphatic rings. The molecule has 16 heteroatoms. The molecular formula is C27H37F4N3O8S. The lowest BCUT2D eigenvalue weighted by atomic mass is 10.0. The van der Waals surface area contributed by atoms with Crippen molar-refractivity contribution < 1.29 is 55.6 Å². The Kier molecular flexibility index (Phi) is 15.3. The van der Waals surface area contributed by atoms with Gasteiger partial charge in [-0.1, -0.05) is 6.42 Å². The topological polar surface area (TPSA) is 133 Å². The van der Waals surface area contributed by atoms with Gasteiger partial charge in [-0.15, -0.1) is 0 Å². The molecule has 1 aromatic carbocycles. The molecule has 2 aliphatic heterocycles. The number of esters is 1. The molecule has 2 saturated heterocycles. The molecule has 2 unspecified atom stereocenters. The number of thioether (sulfide) groups is 1. The van der Waals surface area contributed by atoms with E-state index in [-0.39, 0.29) is 56.5 Å². The Morgan fingerprint density at radius 3 is 2.09 bits per heavy atom. The predicted molar refractivity (Wildman–Crippen MR) is 147 cm³/mol. The van der Waals surface area contributed by atoms with Gasteiger partial charge >= 0.3 is 12.0 Å². The average molecular weight is 640 g/mol. The van der Waals surface area contributed by atoms with E-state index >= 15 is 0 Å². The van der Waals surface area contributed by atoms with E-state index in [1.165, 1.54) is 0 Å². The van der Waals surface area contributed by atoms with Gasteiger partial charge < -0.3 is 39.6 Å². The van der Waals surface area contributed by atoms with Crippen LogP contribution < -0.4 is 20.7 Å². The number of urea groups is 1. The van der Waals surface area contributed by atoms with Gasteiger partial charge in [0.15, 0.2) is 11.6 Å². The number of amides is 3. The molecule has 0 bridgehead atoms. The number of ether oxygens (including phenoxy) is 5. The van der Waals surface area contributed by atoms with E-state index in [0.717, 1.165) is 25.0 Å². The third-order valence-electron chi connectivity index (χ3n) is 6.50. The second kappa shape index (κ2) is 18.9. The smallest absolute Gasteiger partial charge is 0.315 e. The molecular weight excluding hydrogens is 602 g/mol. The van der Waals surface area contributed by atoms with Gasteiger partial charge in [-0.3, -0.25) is 9.59 Å². The molecule has 11 nitrogen and oxygen atoms in total. The van der Waals surface area contributed by atoms with Gasteiger partial charge in [-0.25, -0.2) is 13.6 Å². The van der Waals surface area contributed by atoms with E-state index in [9.17, 15) is 31.9 Å². The van der Waals surface area contributed by atoms with Crippen LogP contribution in [0.5, 0.6) is 5.75 Å². The minimum absolute atomic E-state index is 0.0139. The summed E-state index contributed by atoms with van der Waals surface area (Å²) < 4.78 is 78.9. The van der Waals surface area contributed by atoms with Crippen molar-refractivity contribution in [2.75, 3.05) is 65.2 Å². The van der Waals surface area contributed by atoms with Crippen LogP contribution >= 0.6 is 11.8 Å². The minimum atomic E-state index is -1.80. The van der Waals surface area contributed by atoms with Gasteiger partial charge in [-0.05, 0) is 12.8 Å². The number of fused-ring (bicyclic) bond motifs is 1. The number of nitrogens with one attached hydrogen (secondary N) is 3. The highest BCUT2D eigenvalue weighted by Gasteiger charge is 2.42. The zero-order valence-electron chi connectivity index (χ0n) is 23.6. The van der Waals surface area contributed by atoms with Crippen molar-refractivity contribution in [3.05, 3.63) is 29.3 Å². The second-order valence-corrected chi connectivity index (χ2v) is 11.0. The Bertz CT molecular complexity index is 1050. The third kappa shape index (κ3) is 12.1. The van der Waals surface area contributed by atoms with Crippen molar-refractivity contribution in [1.29, 1.82) is 0 Å². The van der Waals surface area contributed by atoms with Gasteiger partial charge in [0.05, 0.1) is 71.4 Å². The highest BCUT2D eigenvalue weighted by atomic mass is 32.2. The summed E-state index contributed by atoms with van der Waals surface area (Å²) in [5.74, 6) is -8.58. The molecule has 3 N–H and O–H groups in total. The third-order valence-corrected chi connectivity index (χ3v) is 8.01. The summed E-state index contributed by atoms with van der Waals surface area (Å²) in [5.41, 5.74) is 0. The van der Waals surface area contributed by atoms with Crippen molar-refractivity contribution >= 4 is 29.7 Å². The van der Waals surface area contributed by atoms with Crippen LogP contribution in [-0.2, 0) is 28.5 Å². The van der Waals surface area contributed by atoms with Crippen LogP contribution in [0.4, 0.5) is 22.4 Å². The molecule has 0 saturated carbocycles. The Balaban J connectivity index is 1.04. The second-order valence-electron chi connectivity index (χ2n) is 9.69. The number of carbonyl (C=O) groups excluding carboxylic acids is 3. The summed E-state index contributed by atoms with van der Waals surface area (Å²) in [7, 11) is 0. The Morgan fingerprint density at radius 2 is 1.44 bits per heavy atom. The zero-order chi connectivity index (χ0) is 31.0. The monoisotopic (exact) mass is 639 g/mol. The first kappa shape index (κ1) is 34.8. The Hall–Kier alpha value is -2.66. The number of carbonyl (C=O) groups is 3. The first-order chi connectivity index (χ1) is 20.8. The molecule has 1 aromatic rings. The number of hydrogen-bond donors (Lipinski definition) is 3. The SMILES string of the molecule is O=C(CCCC[C@@H]1SCC2NC(=O)NC21)NCCOCCOCCOCCOCCC(=O)Oc1c(F)c(F)cc(F)c1F. The quantitative estimate of drug-likeness (QED) is 0.0463. The van der Waals surface area contributed by atoms with Gasteiger partial charge in [0.2, 0.25) is 23.3 Å². The van der Waals surface area contributed by atoms with E-state index < -0.39 is 41.4 Å². The van der Waals surface area contributed by atoms with Crippen LogP contribution in [-0.4, -0.2) is 100 Å². The van der Waals surface area contributed by atoms with Crippen LogP contribution in [0.1, 0.15) is 32.1 Å². The lowest BCUT2D eigenvalue weighted by Gasteiger charge is -2.16. The number of hydrogen-bond acceptors (Lipinski definition) is 9. The van der Waals surface area contributed by atoms with Gasteiger partial charge in [-0.2, -0.15) is 20.5 Å². The fraction of sp³-hybridized carbons (Fsp3) is 0.667. The number of rotatable bonds is 21. The standard InChI is InChI=1S/C27H37F4N3O8S/c28-17-15-18(29)24(31)26(23(17)30)42-22(36)5-7-38-9-11-40-13-14-41-12-10-39-8-6-32-21(35)4-2-1-3-20-25-19(16-43-20)33-27(37)34-25/h15,19-20,25H,1-14,16H2,(H,32,35)(H2,33,34,37)/t19?,20-,25?/m0/s1. The van der Waals surface area contributed by atoms with E-state index in [4.69, 9.17) is 18.9 Å². The van der Waals surface area contributed by atoms with E-state index in [0.29, 0.717) is 44.6 Å². The summed E-state index contributed by atoms with van der Waals surface area (Å²) in [5, 5.41) is 9.12. The maximum absolute atomic E-state index is 13.5. The number of unbranched alkanes of at least 4 members (excludes halogenated alkanes) is 1. The summed E-state index contributed by atoms with van der Waals surface area (Å²) >= 11 is 1.87. The minimum Gasteiger partial charge on any atom is -0.420 e. The molecule has 3 amide bonds. The van der Waals surface area contributed by atoms with Crippen molar-refractivity contribution in [1.82, 2.24) is 16.0 Å². The Morgan fingerprint density at radius 1 is 0.837 bits per heavy atom. The maximum Gasteiger partial charge on any atom is 0.315 e. The first-order valence-electron chi connectivity index (χ1n) is 14.1. The summed E-state index contributed by atoms with van der Waals surface area (Å²) in [6.07, 6.45) is 2.76. The highest BCUT2D eigenvalue weighted by molar-refractivity contribution is 8.00. The fourth-order valence-electron chi connectivity index (χ4n) is 4.35. The van der Waals surface area contributed by atoms with Crippen LogP contribution in [0.3, 0.4) is 0 Å². The van der Waals surface area contributed by atoms with Crippen molar-refractivity contribution in [2.45, 2.75) is 49.4 Å². The first-order valence-corrected chi connectivity index (χ1v) is 15.1. The number of halogens is 4. The van der Waals surface area contributed by atoms with Crippen LogP contribution in [0.2, 0.25) is 0 Å².